The van der Waals surface area contributed by atoms with E-state index >= 15 is 0 Å². The summed E-state index contributed by atoms with van der Waals surface area (Å²) in [5.74, 6) is 2.36. The summed E-state index contributed by atoms with van der Waals surface area (Å²) >= 11 is 0. The van der Waals surface area contributed by atoms with Crippen LogP contribution in [-0.2, 0) is 10.8 Å². The summed E-state index contributed by atoms with van der Waals surface area (Å²) in [4.78, 5) is 9.81. The summed E-state index contributed by atoms with van der Waals surface area (Å²) < 4.78 is 9.15. The van der Waals surface area contributed by atoms with Crippen LogP contribution in [0.4, 0.5) is 22.7 Å². The van der Waals surface area contributed by atoms with Crippen LogP contribution in [0.5, 0.6) is 11.5 Å². The summed E-state index contributed by atoms with van der Waals surface area (Å²) in [6, 6.07) is 91.3. The summed E-state index contributed by atoms with van der Waals surface area (Å²) in [5, 5.41) is 12.8. The van der Waals surface area contributed by atoms with E-state index in [1.807, 2.05) is 18.3 Å². The summed E-state index contributed by atoms with van der Waals surface area (Å²) in [5.41, 5.74) is 18.8. The first-order valence-electron chi connectivity index (χ1n) is 26.7. The van der Waals surface area contributed by atoms with Gasteiger partial charge in [0.25, 0.3) is 0 Å². The SMILES string of the molecule is CC(C)(C)c1ccnc(-n2c3ccccc3c3ccc(Oc4cccc(N5CN(c6c(-c7ccccc7)cc(C7(c8ccccc8)c8ccccc8-c8ccc(C#N)cc87)cc6-c6ccccc6)c6ccccc65)c4)cc32)c1. The highest BCUT2D eigenvalue weighted by Gasteiger charge is 2.47. The fraction of sp³-hybridized carbons (Fsp3) is 0.0833. The number of ether oxygens (including phenoxy) is 1. The van der Waals surface area contributed by atoms with E-state index in [0.29, 0.717) is 12.2 Å². The molecule has 2 aliphatic rings. The van der Waals surface area contributed by atoms with E-state index in [1.54, 1.807) is 0 Å². The number of nitriles is 1. The third kappa shape index (κ3) is 7.50. The highest BCUT2D eigenvalue weighted by Crippen LogP contribution is 2.59. The number of hydrogen-bond donors (Lipinski definition) is 0. The predicted octanol–water partition coefficient (Wildman–Crippen LogP) is 18.1. The van der Waals surface area contributed by atoms with E-state index in [1.165, 1.54) is 22.1 Å². The first-order chi connectivity index (χ1) is 38.3. The van der Waals surface area contributed by atoms with Crippen LogP contribution in [0.2, 0.25) is 0 Å². The molecule has 1 unspecified atom stereocenters. The Hall–Kier alpha value is -9.96. The largest absolute Gasteiger partial charge is 0.457 e. The fourth-order valence-corrected chi connectivity index (χ4v) is 12.4. The van der Waals surface area contributed by atoms with Crippen molar-refractivity contribution in [2.24, 2.45) is 0 Å². The van der Waals surface area contributed by atoms with E-state index in [2.05, 4.69) is 278 Å². The van der Waals surface area contributed by atoms with Gasteiger partial charge < -0.3 is 14.5 Å². The summed E-state index contributed by atoms with van der Waals surface area (Å²) in [6.45, 7) is 7.25. The quantitative estimate of drug-likeness (QED) is 0.144. The predicted molar refractivity (Wildman–Crippen MR) is 319 cm³/mol. The van der Waals surface area contributed by atoms with Crippen molar-refractivity contribution in [3.05, 3.63) is 288 Å². The van der Waals surface area contributed by atoms with Crippen LogP contribution in [0.1, 0.15) is 54.2 Å². The van der Waals surface area contributed by atoms with Crippen molar-refractivity contribution < 1.29 is 4.74 Å². The minimum absolute atomic E-state index is 0.0333. The normalized spacial score (nSPS) is 14.5. The van der Waals surface area contributed by atoms with Crippen molar-refractivity contribution in [1.82, 2.24) is 9.55 Å². The Labute approximate surface area is 455 Å². The monoisotopic (exact) mass is 1000 g/mol. The maximum Gasteiger partial charge on any atom is 0.137 e. The lowest BCUT2D eigenvalue weighted by atomic mass is 9.66. The molecule has 0 N–H and O–H groups in total. The van der Waals surface area contributed by atoms with Gasteiger partial charge in [-0.2, -0.15) is 5.26 Å². The molecule has 6 heteroatoms. The van der Waals surface area contributed by atoms with Gasteiger partial charge in [-0.15, -0.1) is 0 Å². The Balaban J connectivity index is 0.916. The molecular formula is C72H53N5O. The van der Waals surface area contributed by atoms with Gasteiger partial charge in [-0.25, -0.2) is 4.98 Å². The lowest BCUT2D eigenvalue weighted by Gasteiger charge is -2.36. The minimum atomic E-state index is -0.754. The number of aromatic nitrogens is 2. The van der Waals surface area contributed by atoms with Gasteiger partial charge in [-0.05, 0) is 134 Å². The minimum Gasteiger partial charge on any atom is -0.457 e. The van der Waals surface area contributed by atoms with Crippen LogP contribution in [0.3, 0.4) is 0 Å². The topological polar surface area (TPSA) is 57.3 Å². The van der Waals surface area contributed by atoms with Crippen molar-refractivity contribution in [3.8, 4) is 56.8 Å². The molecule has 2 aromatic heterocycles. The molecule has 0 amide bonds. The number of rotatable bonds is 9. The smallest absolute Gasteiger partial charge is 0.137 e. The van der Waals surface area contributed by atoms with E-state index in [-0.39, 0.29) is 5.41 Å². The van der Waals surface area contributed by atoms with Crippen LogP contribution in [0.15, 0.2) is 255 Å². The Morgan fingerprint density at radius 2 is 1.12 bits per heavy atom. The molecular weight excluding hydrogens is 951 g/mol. The molecule has 10 aromatic carbocycles. The van der Waals surface area contributed by atoms with Gasteiger partial charge in [-0.3, -0.25) is 4.57 Å². The van der Waals surface area contributed by atoms with Gasteiger partial charge in [-0.1, -0.05) is 178 Å². The molecule has 6 nitrogen and oxygen atoms in total. The molecule has 0 bridgehead atoms. The zero-order valence-corrected chi connectivity index (χ0v) is 43.6. The second-order valence-corrected chi connectivity index (χ2v) is 21.5. The van der Waals surface area contributed by atoms with Crippen molar-refractivity contribution in [3.63, 3.8) is 0 Å². The summed E-state index contributed by atoms with van der Waals surface area (Å²) in [7, 11) is 0. The number of pyridine rings is 1. The highest BCUT2D eigenvalue weighted by atomic mass is 16.5. The maximum atomic E-state index is 10.5. The number of para-hydroxylation sites is 3. The van der Waals surface area contributed by atoms with Crippen molar-refractivity contribution in [1.29, 1.82) is 5.26 Å². The highest BCUT2D eigenvalue weighted by molar-refractivity contribution is 6.09. The van der Waals surface area contributed by atoms with Crippen molar-refractivity contribution in [2.45, 2.75) is 31.6 Å². The zero-order valence-electron chi connectivity index (χ0n) is 43.6. The van der Waals surface area contributed by atoms with E-state index in [4.69, 9.17) is 9.72 Å². The molecule has 0 saturated heterocycles. The van der Waals surface area contributed by atoms with Crippen LogP contribution < -0.4 is 14.5 Å². The Morgan fingerprint density at radius 1 is 0.487 bits per heavy atom. The first kappa shape index (κ1) is 46.6. The molecule has 78 heavy (non-hydrogen) atoms. The van der Waals surface area contributed by atoms with Gasteiger partial charge >= 0.3 is 0 Å². The molecule has 0 radical (unpaired) electrons. The van der Waals surface area contributed by atoms with Gasteiger partial charge in [0.15, 0.2) is 0 Å². The van der Waals surface area contributed by atoms with Crippen LogP contribution in [0, 0.1) is 11.3 Å². The van der Waals surface area contributed by atoms with Crippen molar-refractivity contribution in [2.75, 3.05) is 16.5 Å². The third-order valence-electron chi connectivity index (χ3n) is 16.0. The number of nitrogens with zero attached hydrogens (tertiary/aromatic N) is 5. The van der Waals surface area contributed by atoms with Gasteiger partial charge in [0.2, 0.25) is 0 Å². The van der Waals surface area contributed by atoms with E-state index in [9.17, 15) is 5.26 Å². The Kier molecular flexibility index (Phi) is 11.0. The maximum absolute atomic E-state index is 10.5. The molecule has 0 spiro atoms. The zero-order chi connectivity index (χ0) is 52.5. The molecule has 0 fully saturated rings. The standard InChI is InChI=1S/C72H53N5O/c1-71(2,3)52-38-39-74-69(43-52)77-65-31-16-14-29-59(65)60-37-35-56(45-68(60)77)78-55-27-19-26-54(44-55)75-47-76(67-33-18-17-32-66(67)75)70-61(49-20-7-4-8-21-49)41-53(42-62(70)50-22-9-5-10-23-50)72(51-24-11-6-12-25-51)63-30-15-13-28-57(63)58-36-34-48(46-73)40-64(58)72/h4-45H,47H2,1-3H3. The average molecular weight is 1000 g/mol. The number of fused-ring (bicyclic) bond motifs is 7. The molecule has 3 heterocycles. The number of benzene rings is 10. The van der Waals surface area contributed by atoms with E-state index < -0.39 is 5.41 Å². The van der Waals surface area contributed by atoms with Crippen LogP contribution in [-0.4, -0.2) is 16.2 Å². The molecule has 12 aromatic rings. The molecule has 1 atom stereocenters. The first-order valence-corrected chi connectivity index (χ1v) is 26.7. The van der Waals surface area contributed by atoms with Crippen molar-refractivity contribution >= 4 is 44.6 Å². The molecule has 14 rings (SSSR count). The molecule has 1 aliphatic heterocycles. The summed E-state index contributed by atoms with van der Waals surface area (Å²) in [6.07, 6.45) is 1.92. The number of hydrogen-bond acceptors (Lipinski definition) is 5. The lowest BCUT2D eigenvalue weighted by molar-refractivity contribution is 0.483. The lowest BCUT2D eigenvalue weighted by Crippen LogP contribution is -2.30. The van der Waals surface area contributed by atoms with E-state index in [0.717, 1.165) is 101 Å². The third-order valence-corrected chi connectivity index (χ3v) is 16.0. The van der Waals surface area contributed by atoms with Gasteiger partial charge in [0.1, 0.15) is 24.0 Å². The molecule has 0 saturated carbocycles. The van der Waals surface area contributed by atoms with Gasteiger partial charge in [0.05, 0.1) is 45.1 Å². The fourth-order valence-electron chi connectivity index (χ4n) is 12.4. The Bertz CT molecular complexity index is 4280. The number of anilines is 4. The average Bonchev–Trinajstić information content (AvgIpc) is 4.35. The van der Waals surface area contributed by atoms with Crippen LogP contribution >= 0.6 is 0 Å². The second kappa shape index (κ2) is 18.4. The van der Waals surface area contributed by atoms with Gasteiger partial charge in [0, 0.05) is 45.9 Å². The second-order valence-electron chi connectivity index (χ2n) is 21.5. The molecule has 1 aliphatic carbocycles. The Morgan fingerprint density at radius 3 is 1.85 bits per heavy atom. The molecule has 372 valence electrons. The van der Waals surface area contributed by atoms with Crippen LogP contribution in [0.25, 0.3) is 61.0 Å².